The first-order valence-electron chi connectivity index (χ1n) is 6.21. The van der Waals surface area contributed by atoms with Gasteiger partial charge in [0.25, 0.3) is 5.91 Å². The van der Waals surface area contributed by atoms with Gasteiger partial charge in [-0.3, -0.25) is 4.79 Å². The van der Waals surface area contributed by atoms with Crippen molar-refractivity contribution in [3.8, 4) is 0 Å². The standard InChI is InChI=1S/C12H22N4O2/c1-10(2)8-18-6-4-14-12(17)11-7-16(5-3-13)9-15-11/h7,9-10H,3-6,8,13H2,1-2H3,(H,14,17). The summed E-state index contributed by atoms with van der Waals surface area (Å²) in [6, 6.07) is 0. The molecule has 6 nitrogen and oxygen atoms in total. The highest BCUT2D eigenvalue weighted by molar-refractivity contribution is 5.91. The van der Waals surface area contributed by atoms with E-state index in [2.05, 4.69) is 24.1 Å². The third-order valence-electron chi connectivity index (χ3n) is 2.24. The van der Waals surface area contributed by atoms with E-state index < -0.39 is 0 Å². The van der Waals surface area contributed by atoms with Crippen LogP contribution < -0.4 is 11.1 Å². The highest BCUT2D eigenvalue weighted by Gasteiger charge is 2.08. The summed E-state index contributed by atoms with van der Waals surface area (Å²) in [6.07, 6.45) is 3.30. The highest BCUT2D eigenvalue weighted by Crippen LogP contribution is 1.96. The van der Waals surface area contributed by atoms with Crippen LogP contribution in [0.4, 0.5) is 0 Å². The fourth-order valence-corrected chi connectivity index (χ4v) is 1.40. The number of hydrogen-bond donors (Lipinski definition) is 2. The third kappa shape index (κ3) is 5.29. The van der Waals surface area contributed by atoms with Gasteiger partial charge in [0.15, 0.2) is 0 Å². The lowest BCUT2D eigenvalue weighted by atomic mass is 10.2. The van der Waals surface area contributed by atoms with Crippen molar-refractivity contribution < 1.29 is 9.53 Å². The lowest BCUT2D eigenvalue weighted by Crippen LogP contribution is -2.28. The topological polar surface area (TPSA) is 82.2 Å². The summed E-state index contributed by atoms with van der Waals surface area (Å²) in [5.74, 6) is 0.326. The number of nitrogens with one attached hydrogen (secondary N) is 1. The van der Waals surface area contributed by atoms with Crippen molar-refractivity contribution in [1.82, 2.24) is 14.9 Å². The maximum absolute atomic E-state index is 11.7. The van der Waals surface area contributed by atoms with Crippen molar-refractivity contribution in [1.29, 1.82) is 0 Å². The Kier molecular flexibility index (Phi) is 6.38. The quantitative estimate of drug-likeness (QED) is 0.651. The summed E-state index contributed by atoms with van der Waals surface area (Å²) in [5, 5.41) is 2.76. The highest BCUT2D eigenvalue weighted by atomic mass is 16.5. The minimum atomic E-state index is -0.182. The Balaban J connectivity index is 2.23. The van der Waals surface area contributed by atoms with E-state index in [9.17, 15) is 4.79 Å². The Morgan fingerprint density at radius 1 is 1.61 bits per heavy atom. The van der Waals surface area contributed by atoms with Crippen LogP contribution >= 0.6 is 0 Å². The van der Waals surface area contributed by atoms with E-state index in [1.807, 2.05) is 0 Å². The number of amides is 1. The molecule has 1 aromatic heterocycles. The molecule has 0 saturated heterocycles. The van der Waals surface area contributed by atoms with Gasteiger partial charge in [0, 0.05) is 32.4 Å². The maximum atomic E-state index is 11.7. The first kappa shape index (κ1) is 14.7. The predicted octanol–water partition coefficient (Wildman–Crippen LogP) is 0.244. The largest absolute Gasteiger partial charge is 0.379 e. The van der Waals surface area contributed by atoms with E-state index in [-0.39, 0.29) is 5.91 Å². The monoisotopic (exact) mass is 254 g/mol. The van der Waals surface area contributed by atoms with Crippen LogP contribution in [0.15, 0.2) is 12.5 Å². The summed E-state index contributed by atoms with van der Waals surface area (Å²) in [5.41, 5.74) is 5.83. The van der Waals surface area contributed by atoms with Crippen LogP contribution in [-0.2, 0) is 11.3 Å². The Morgan fingerprint density at radius 2 is 2.39 bits per heavy atom. The molecular formula is C12H22N4O2. The van der Waals surface area contributed by atoms with Crippen molar-refractivity contribution >= 4 is 5.91 Å². The van der Waals surface area contributed by atoms with E-state index >= 15 is 0 Å². The Morgan fingerprint density at radius 3 is 3.06 bits per heavy atom. The molecule has 3 N–H and O–H groups in total. The van der Waals surface area contributed by atoms with Gasteiger partial charge in [-0.25, -0.2) is 4.98 Å². The normalized spacial score (nSPS) is 10.9. The van der Waals surface area contributed by atoms with Crippen LogP contribution in [-0.4, -0.2) is 41.8 Å². The molecule has 0 radical (unpaired) electrons. The van der Waals surface area contributed by atoms with Gasteiger partial charge in [-0.1, -0.05) is 13.8 Å². The minimum Gasteiger partial charge on any atom is -0.379 e. The smallest absolute Gasteiger partial charge is 0.271 e. The average Bonchev–Trinajstić information content (AvgIpc) is 2.77. The van der Waals surface area contributed by atoms with Gasteiger partial charge in [-0.05, 0) is 5.92 Å². The van der Waals surface area contributed by atoms with E-state index in [4.69, 9.17) is 10.5 Å². The molecule has 0 aliphatic heterocycles. The molecule has 0 aliphatic carbocycles. The second-order valence-electron chi connectivity index (χ2n) is 4.51. The number of carbonyl (C=O) groups excluding carboxylic acids is 1. The van der Waals surface area contributed by atoms with Crippen molar-refractivity contribution in [2.24, 2.45) is 11.7 Å². The molecule has 1 aromatic rings. The molecule has 0 atom stereocenters. The predicted molar refractivity (Wildman–Crippen MR) is 69.3 cm³/mol. The second kappa shape index (κ2) is 7.84. The molecule has 0 fully saturated rings. The van der Waals surface area contributed by atoms with Crippen LogP contribution in [0.2, 0.25) is 0 Å². The van der Waals surface area contributed by atoms with Gasteiger partial charge >= 0.3 is 0 Å². The number of ether oxygens (including phenoxy) is 1. The summed E-state index contributed by atoms with van der Waals surface area (Å²) in [4.78, 5) is 15.7. The minimum absolute atomic E-state index is 0.182. The summed E-state index contributed by atoms with van der Waals surface area (Å²) in [7, 11) is 0. The van der Waals surface area contributed by atoms with Crippen molar-refractivity contribution in [2.45, 2.75) is 20.4 Å². The van der Waals surface area contributed by atoms with Gasteiger partial charge < -0.3 is 20.4 Å². The first-order valence-corrected chi connectivity index (χ1v) is 6.21. The molecule has 0 bridgehead atoms. The zero-order valence-corrected chi connectivity index (χ0v) is 11.1. The number of hydrogen-bond acceptors (Lipinski definition) is 4. The van der Waals surface area contributed by atoms with Crippen LogP contribution in [0.1, 0.15) is 24.3 Å². The molecule has 102 valence electrons. The fourth-order valence-electron chi connectivity index (χ4n) is 1.40. The molecule has 1 amide bonds. The van der Waals surface area contributed by atoms with E-state index in [0.29, 0.717) is 44.5 Å². The van der Waals surface area contributed by atoms with Gasteiger partial charge in [0.2, 0.25) is 0 Å². The average molecular weight is 254 g/mol. The van der Waals surface area contributed by atoms with Crippen molar-refractivity contribution in [3.63, 3.8) is 0 Å². The zero-order chi connectivity index (χ0) is 13.4. The molecule has 0 aliphatic rings. The Hall–Kier alpha value is -1.40. The van der Waals surface area contributed by atoms with Crippen LogP contribution in [0.25, 0.3) is 0 Å². The summed E-state index contributed by atoms with van der Waals surface area (Å²) in [6.45, 7) is 7.09. The molecule has 1 heterocycles. The lowest BCUT2D eigenvalue weighted by Gasteiger charge is -2.07. The molecular weight excluding hydrogens is 232 g/mol. The van der Waals surface area contributed by atoms with E-state index in [0.717, 1.165) is 0 Å². The number of imidazole rings is 1. The number of aromatic nitrogens is 2. The first-order chi connectivity index (χ1) is 8.63. The molecule has 0 saturated carbocycles. The SMILES string of the molecule is CC(C)COCCNC(=O)c1cn(CCN)cn1. The second-order valence-corrected chi connectivity index (χ2v) is 4.51. The van der Waals surface area contributed by atoms with Crippen LogP contribution in [0.5, 0.6) is 0 Å². The van der Waals surface area contributed by atoms with Gasteiger partial charge in [0.05, 0.1) is 12.9 Å². The number of rotatable bonds is 8. The fraction of sp³-hybridized carbons (Fsp3) is 0.667. The molecule has 0 aromatic carbocycles. The number of nitrogens with zero attached hydrogens (tertiary/aromatic N) is 2. The number of carbonyl (C=O) groups is 1. The molecule has 0 unspecified atom stereocenters. The lowest BCUT2D eigenvalue weighted by molar-refractivity contribution is 0.0882. The number of nitrogens with two attached hydrogens (primary N) is 1. The third-order valence-corrected chi connectivity index (χ3v) is 2.24. The van der Waals surface area contributed by atoms with E-state index in [1.165, 1.54) is 0 Å². The van der Waals surface area contributed by atoms with Gasteiger partial charge in [-0.2, -0.15) is 0 Å². The molecule has 1 rings (SSSR count). The Labute approximate surface area is 108 Å². The summed E-state index contributed by atoms with van der Waals surface area (Å²) >= 11 is 0. The van der Waals surface area contributed by atoms with Gasteiger partial charge in [0.1, 0.15) is 5.69 Å². The Bertz CT molecular complexity index is 363. The molecule has 6 heteroatoms. The van der Waals surface area contributed by atoms with Crippen molar-refractivity contribution in [3.05, 3.63) is 18.2 Å². The molecule has 18 heavy (non-hydrogen) atoms. The van der Waals surface area contributed by atoms with Gasteiger partial charge in [-0.15, -0.1) is 0 Å². The summed E-state index contributed by atoms with van der Waals surface area (Å²) < 4.78 is 7.16. The molecule has 0 spiro atoms. The maximum Gasteiger partial charge on any atom is 0.271 e. The zero-order valence-electron chi connectivity index (χ0n) is 11.1. The van der Waals surface area contributed by atoms with Crippen LogP contribution in [0.3, 0.4) is 0 Å². The van der Waals surface area contributed by atoms with Crippen molar-refractivity contribution in [2.75, 3.05) is 26.3 Å². The van der Waals surface area contributed by atoms with Crippen LogP contribution in [0, 0.1) is 5.92 Å². The van der Waals surface area contributed by atoms with E-state index in [1.54, 1.807) is 17.1 Å².